The van der Waals surface area contributed by atoms with E-state index in [0.717, 1.165) is 59.9 Å². The summed E-state index contributed by atoms with van der Waals surface area (Å²) in [5.41, 5.74) is 10.5. The number of ether oxygens (including phenoxy) is 1. The van der Waals surface area contributed by atoms with E-state index in [9.17, 15) is 0 Å². The molecule has 0 spiro atoms. The van der Waals surface area contributed by atoms with Gasteiger partial charge in [-0.25, -0.2) is 15.0 Å². The fourth-order valence-corrected chi connectivity index (χ4v) is 4.57. The van der Waals surface area contributed by atoms with Crippen LogP contribution in [-0.2, 0) is 12.8 Å². The molecule has 0 saturated heterocycles. The molecule has 0 unspecified atom stereocenters. The van der Waals surface area contributed by atoms with E-state index in [2.05, 4.69) is 101 Å². The van der Waals surface area contributed by atoms with Crippen molar-refractivity contribution in [3.05, 3.63) is 107 Å². The number of imidazole rings is 1. The van der Waals surface area contributed by atoms with Gasteiger partial charge in [-0.15, -0.1) is 0 Å². The fourth-order valence-electron chi connectivity index (χ4n) is 4.57. The van der Waals surface area contributed by atoms with Crippen LogP contribution in [0.5, 0.6) is 5.75 Å². The van der Waals surface area contributed by atoms with Crippen molar-refractivity contribution in [3.63, 3.8) is 0 Å². The zero-order valence-corrected chi connectivity index (χ0v) is 24.1. The summed E-state index contributed by atoms with van der Waals surface area (Å²) in [6, 6.07) is 23.3. The molecular formula is C34H40N4O. The van der Waals surface area contributed by atoms with E-state index in [1.54, 1.807) is 6.33 Å². The van der Waals surface area contributed by atoms with Gasteiger partial charge in [0.1, 0.15) is 17.9 Å². The molecule has 0 fully saturated rings. The van der Waals surface area contributed by atoms with Crippen molar-refractivity contribution in [1.82, 2.24) is 19.9 Å². The van der Waals surface area contributed by atoms with Gasteiger partial charge in [0.2, 0.25) is 0 Å². The average molecular weight is 521 g/mol. The number of hydrogen-bond donors (Lipinski definition) is 1. The van der Waals surface area contributed by atoms with Gasteiger partial charge in [-0.3, -0.25) is 0 Å². The first-order valence-corrected chi connectivity index (χ1v) is 13.9. The molecule has 3 aromatic carbocycles. The largest absolute Gasteiger partial charge is 0.493 e. The predicted molar refractivity (Wildman–Crippen MR) is 161 cm³/mol. The number of nitrogens with one attached hydrogen (secondary N) is 1. The van der Waals surface area contributed by atoms with Crippen molar-refractivity contribution in [2.24, 2.45) is 5.92 Å². The quantitative estimate of drug-likeness (QED) is 0.224. The van der Waals surface area contributed by atoms with Crippen LogP contribution in [-0.4, -0.2) is 26.5 Å². The standard InChI is InChI=1S/C21H26N2O.C13H14N2/c1-5-16-12-17(7-9-21(16)24-11-10-14(2)3)18-6-8-19-20(13-18)23-15(4)22-19;1-10-13(11(2)15-9-14-10)8-12-6-4-3-5-7-12/h6-9,12-14H,5,10-11H2,1-4H3,(H,22,23);3-7,9H,8H2,1-2H3. The van der Waals surface area contributed by atoms with E-state index in [1.807, 2.05) is 26.8 Å². The van der Waals surface area contributed by atoms with Gasteiger partial charge in [-0.1, -0.05) is 63.2 Å². The summed E-state index contributed by atoms with van der Waals surface area (Å²) in [6.07, 6.45) is 4.59. The minimum atomic E-state index is 0.666. The van der Waals surface area contributed by atoms with Gasteiger partial charge in [0.25, 0.3) is 0 Å². The number of nitrogens with zero attached hydrogens (tertiary/aromatic N) is 3. The van der Waals surface area contributed by atoms with Crippen LogP contribution in [0, 0.1) is 26.7 Å². The molecule has 0 aliphatic heterocycles. The Balaban J connectivity index is 0.000000202. The normalized spacial score (nSPS) is 10.9. The molecule has 202 valence electrons. The van der Waals surface area contributed by atoms with Crippen molar-refractivity contribution in [2.45, 2.75) is 60.8 Å². The summed E-state index contributed by atoms with van der Waals surface area (Å²) >= 11 is 0. The SMILES string of the molecule is CCc1cc(-c2ccc3nc(C)[nH]c3c2)ccc1OCCC(C)C.Cc1ncnc(C)c1Cc1ccccc1. The van der Waals surface area contributed by atoms with E-state index in [0.29, 0.717) is 5.92 Å². The van der Waals surface area contributed by atoms with Crippen LogP contribution in [0.3, 0.4) is 0 Å². The van der Waals surface area contributed by atoms with Crippen molar-refractivity contribution in [2.75, 3.05) is 6.61 Å². The first-order chi connectivity index (χ1) is 18.8. The van der Waals surface area contributed by atoms with Gasteiger partial charge in [-0.2, -0.15) is 0 Å². The van der Waals surface area contributed by atoms with Crippen LogP contribution in [0.2, 0.25) is 0 Å². The Labute approximate surface area is 232 Å². The summed E-state index contributed by atoms with van der Waals surface area (Å²) in [5, 5.41) is 0. The molecule has 0 atom stereocenters. The number of aromatic nitrogens is 4. The molecular weight excluding hydrogens is 480 g/mol. The lowest BCUT2D eigenvalue weighted by atomic mass is 10.0. The van der Waals surface area contributed by atoms with E-state index < -0.39 is 0 Å². The second-order valence-corrected chi connectivity index (χ2v) is 10.4. The summed E-state index contributed by atoms with van der Waals surface area (Å²) < 4.78 is 5.99. The van der Waals surface area contributed by atoms with Crippen LogP contribution in [0.1, 0.15) is 61.1 Å². The molecule has 0 bridgehead atoms. The van der Waals surface area contributed by atoms with Crippen molar-refractivity contribution >= 4 is 11.0 Å². The molecule has 1 N–H and O–H groups in total. The first-order valence-electron chi connectivity index (χ1n) is 13.9. The fraction of sp³-hybridized carbons (Fsp3) is 0.324. The Morgan fingerprint density at radius 3 is 2.23 bits per heavy atom. The first kappa shape index (κ1) is 28.0. The molecule has 0 aliphatic carbocycles. The Kier molecular flexibility index (Phi) is 9.48. The van der Waals surface area contributed by atoms with Crippen LogP contribution in [0.15, 0.2) is 73.1 Å². The number of benzene rings is 3. The van der Waals surface area contributed by atoms with E-state index >= 15 is 0 Å². The zero-order chi connectivity index (χ0) is 27.8. The van der Waals surface area contributed by atoms with E-state index in [4.69, 9.17) is 4.74 Å². The maximum atomic E-state index is 5.99. The minimum Gasteiger partial charge on any atom is -0.493 e. The summed E-state index contributed by atoms with van der Waals surface area (Å²) in [7, 11) is 0. The molecule has 2 heterocycles. The van der Waals surface area contributed by atoms with E-state index in [1.165, 1.54) is 27.8 Å². The Morgan fingerprint density at radius 2 is 1.54 bits per heavy atom. The van der Waals surface area contributed by atoms with Crippen LogP contribution in [0.4, 0.5) is 0 Å². The smallest absolute Gasteiger partial charge is 0.122 e. The number of rotatable bonds is 8. The maximum Gasteiger partial charge on any atom is 0.122 e. The summed E-state index contributed by atoms with van der Waals surface area (Å²) in [4.78, 5) is 16.2. The molecule has 0 radical (unpaired) electrons. The summed E-state index contributed by atoms with van der Waals surface area (Å²) in [6.45, 7) is 13.5. The molecule has 5 heteroatoms. The number of aryl methyl sites for hydroxylation is 4. The lowest BCUT2D eigenvalue weighted by Crippen LogP contribution is -2.03. The zero-order valence-electron chi connectivity index (χ0n) is 24.1. The van der Waals surface area contributed by atoms with Crippen molar-refractivity contribution in [1.29, 1.82) is 0 Å². The number of H-pyrrole nitrogens is 1. The van der Waals surface area contributed by atoms with Gasteiger partial charge in [-0.05, 0) is 91.6 Å². The molecule has 5 nitrogen and oxygen atoms in total. The molecule has 39 heavy (non-hydrogen) atoms. The Hall–Kier alpha value is -3.99. The van der Waals surface area contributed by atoms with Gasteiger partial charge < -0.3 is 9.72 Å². The number of fused-ring (bicyclic) bond motifs is 1. The van der Waals surface area contributed by atoms with Crippen molar-refractivity contribution in [3.8, 4) is 16.9 Å². The highest BCUT2D eigenvalue weighted by atomic mass is 16.5. The van der Waals surface area contributed by atoms with Gasteiger partial charge in [0.15, 0.2) is 0 Å². The average Bonchev–Trinajstić information content (AvgIpc) is 3.31. The molecule has 0 aliphatic rings. The number of hydrogen-bond acceptors (Lipinski definition) is 4. The van der Waals surface area contributed by atoms with Crippen LogP contribution >= 0.6 is 0 Å². The second kappa shape index (κ2) is 13.2. The van der Waals surface area contributed by atoms with Crippen LogP contribution < -0.4 is 4.74 Å². The predicted octanol–water partition coefficient (Wildman–Crippen LogP) is 8.21. The minimum absolute atomic E-state index is 0.666. The molecule has 0 amide bonds. The number of aromatic amines is 1. The highest BCUT2D eigenvalue weighted by Crippen LogP contribution is 2.29. The maximum absolute atomic E-state index is 5.99. The second-order valence-electron chi connectivity index (χ2n) is 10.4. The lowest BCUT2D eigenvalue weighted by Gasteiger charge is -2.13. The molecule has 2 aromatic heterocycles. The highest BCUT2D eigenvalue weighted by molar-refractivity contribution is 5.82. The Morgan fingerprint density at radius 1 is 0.846 bits per heavy atom. The van der Waals surface area contributed by atoms with Gasteiger partial charge >= 0.3 is 0 Å². The van der Waals surface area contributed by atoms with Gasteiger partial charge in [0, 0.05) is 17.8 Å². The molecule has 5 rings (SSSR count). The third kappa shape index (κ3) is 7.53. The van der Waals surface area contributed by atoms with Gasteiger partial charge in [0.05, 0.1) is 17.6 Å². The Bertz CT molecular complexity index is 1480. The molecule has 0 saturated carbocycles. The lowest BCUT2D eigenvalue weighted by molar-refractivity contribution is 0.287. The highest BCUT2D eigenvalue weighted by Gasteiger charge is 2.08. The van der Waals surface area contributed by atoms with Crippen LogP contribution in [0.25, 0.3) is 22.2 Å². The third-order valence-corrected chi connectivity index (χ3v) is 6.93. The molecule has 5 aromatic rings. The summed E-state index contributed by atoms with van der Waals surface area (Å²) in [5.74, 6) is 2.63. The topological polar surface area (TPSA) is 63.7 Å². The monoisotopic (exact) mass is 520 g/mol. The third-order valence-electron chi connectivity index (χ3n) is 6.93. The van der Waals surface area contributed by atoms with E-state index in [-0.39, 0.29) is 0 Å². The van der Waals surface area contributed by atoms with Crippen molar-refractivity contribution < 1.29 is 4.74 Å².